The number of rotatable bonds is 6. The van der Waals surface area contributed by atoms with Crippen LogP contribution in [0.25, 0.3) is 0 Å². The second-order valence-corrected chi connectivity index (χ2v) is 8.61. The van der Waals surface area contributed by atoms with Gasteiger partial charge in [-0.2, -0.15) is 0 Å². The molecule has 8 nitrogen and oxygen atoms in total. The van der Waals surface area contributed by atoms with Crippen molar-refractivity contribution in [2.45, 2.75) is 18.4 Å². The lowest BCUT2D eigenvalue weighted by atomic mass is 9.86. The van der Waals surface area contributed by atoms with Crippen molar-refractivity contribution in [1.82, 2.24) is 4.90 Å². The largest absolute Gasteiger partial charge is 0.385 e. The molecule has 1 fully saturated rings. The summed E-state index contributed by atoms with van der Waals surface area (Å²) in [5.41, 5.74) is 6.56. The first-order valence-corrected chi connectivity index (χ1v) is 11.2. The Bertz CT molecular complexity index is 1120. The van der Waals surface area contributed by atoms with Gasteiger partial charge in [-0.05, 0) is 36.4 Å². The Labute approximate surface area is 198 Å². The number of piperazine rings is 1. The SMILES string of the molecule is NC(=O)C1=CC=CC(O)(CC(=O)N2CCN(c3ccc(NC(=O)c4ccccc4)cc3)CC2)C1. The maximum absolute atomic E-state index is 12.8. The van der Waals surface area contributed by atoms with Gasteiger partial charge in [0.05, 0.1) is 12.0 Å². The number of allylic oxidation sites excluding steroid dienone is 2. The zero-order valence-corrected chi connectivity index (χ0v) is 18.8. The molecule has 34 heavy (non-hydrogen) atoms. The summed E-state index contributed by atoms with van der Waals surface area (Å²) in [6.07, 6.45) is 4.63. The molecule has 0 aromatic heterocycles. The molecule has 0 saturated carbocycles. The lowest BCUT2D eigenvalue weighted by Crippen LogP contribution is -2.50. The molecule has 176 valence electrons. The average molecular weight is 461 g/mol. The van der Waals surface area contributed by atoms with E-state index >= 15 is 0 Å². The monoisotopic (exact) mass is 460 g/mol. The normalized spacial score (nSPS) is 20.0. The van der Waals surface area contributed by atoms with Crippen LogP contribution in [0, 0.1) is 0 Å². The first-order valence-electron chi connectivity index (χ1n) is 11.2. The van der Waals surface area contributed by atoms with Crippen molar-refractivity contribution >= 4 is 29.1 Å². The fourth-order valence-corrected chi connectivity index (χ4v) is 4.22. The molecule has 1 atom stereocenters. The first-order chi connectivity index (χ1) is 16.3. The summed E-state index contributed by atoms with van der Waals surface area (Å²) in [6, 6.07) is 16.7. The van der Waals surface area contributed by atoms with E-state index in [4.69, 9.17) is 5.73 Å². The van der Waals surface area contributed by atoms with E-state index in [1.54, 1.807) is 35.3 Å². The predicted molar refractivity (Wildman–Crippen MR) is 130 cm³/mol. The molecule has 2 aromatic rings. The van der Waals surface area contributed by atoms with Gasteiger partial charge in [0.15, 0.2) is 0 Å². The maximum Gasteiger partial charge on any atom is 0.255 e. The Balaban J connectivity index is 1.28. The summed E-state index contributed by atoms with van der Waals surface area (Å²) in [7, 11) is 0. The van der Waals surface area contributed by atoms with Crippen LogP contribution in [0.15, 0.2) is 78.4 Å². The van der Waals surface area contributed by atoms with Gasteiger partial charge in [0.25, 0.3) is 5.91 Å². The fourth-order valence-electron chi connectivity index (χ4n) is 4.22. The number of benzene rings is 2. The van der Waals surface area contributed by atoms with Crippen LogP contribution in [0.4, 0.5) is 11.4 Å². The van der Waals surface area contributed by atoms with E-state index in [2.05, 4.69) is 10.2 Å². The molecule has 1 unspecified atom stereocenters. The van der Waals surface area contributed by atoms with E-state index in [1.807, 2.05) is 42.5 Å². The molecule has 2 aliphatic rings. The number of hydrogen-bond donors (Lipinski definition) is 3. The van der Waals surface area contributed by atoms with Gasteiger partial charge < -0.3 is 26.0 Å². The topological polar surface area (TPSA) is 116 Å². The van der Waals surface area contributed by atoms with E-state index in [9.17, 15) is 19.5 Å². The maximum atomic E-state index is 12.8. The Morgan fingerprint density at radius 3 is 2.29 bits per heavy atom. The third-order valence-electron chi connectivity index (χ3n) is 6.13. The van der Waals surface area contributed by atoms with Crippen LogP contribution in [0.3, 0.4) is 0 Å². The number of carbonyl (C=O) groups excluding carboxylic acids is 3. The fraction of sp³-hybridized carbons (Fsp3) is 0.269. The Morgan fingerprint density at radius 1 is 0.971 bits per heavy atom. The number of nitrogens with two attached hydrogens (primary N) is 1. The molecular formula is C26H28N4O4. The Kier molecular flexibility index (Phi) is 6.79. The quantitative estimate of drug-likeness (QED) is 0.610. The minimum absolute atomic E-state index is 0.0394. The smallest absolute Gasteiger partial charge is 0.255 e. The predicted octanol–water partition coefficient (Wildman–Crippen LogP) is 2.08. The molecular weight excluding hydrogens is 432 g/mol. The number of carbonyl (C=O) groups is 3. The second kappa shape index (κ2) is 9.93. The van der Waals surface area contributed by atoms with E-state index in [-0.39, 0.29) is 24.7 Å². The summed E-state index contributed by atoms with van der Waals surface area (Å²) in [4.78, 5) is 40.4. The molecule has 4 N–H and O–H groups in total. The number of aliphatic hydroxyl groups is 1. The summed E-state index contributed by atoms with van der Waals surface area (Å²) < 4.78 is 0. The summed E-state index contributed by atoms with van der Waals surface area (Å²) in [5, 5.41) is 13.6. The van der Waals surface area contributed by atoms with Gasteiger partial charge in [-0.25, -0.2) is 0 Å². The molecule has 1 saturated heterocycles. The van der Waals surface area contributed by atoms with E-state index in [0.29, 0.717) is 43.0 Å². The van der Waals surface area contributed by atoms with Gasteiger partial charge in [0.2, 0.25) is 11.8 Å². The Hall–Kier alpha value is -3.91. The van der Waals surface area contributed by atoms with Gasteiger partial charge in [-0.1, -0.05) is 36.4 Å². The molecule has 0 spiro atoms. The van der Waals surface area contributed by atoms with E-state index < -0.39 is 11.5 Å². The number of primary amides is 1. The van der Waals surface area contributed by atoms with Crippen LogP contribution in [0.5, 0.6) is 0 Å². The number of amides is 3. The highest BCUT2D eigenvalue weighted by Gasteiger charge is 2.34. The van der Waals surface area contributed by atoms with Crippen LogP contribution >= 0.6 is 0 Å². The molecule has 2 aromatic carbocycles. The molecule has 1 heterocycles. The minimum atomic E-state index is -1.40. The summed E-state index contributed by atoms with van der Waals surface area (Å²) in [5.74, 6) is -0.903. The molecule has 1 aliphatic heterocycles. The van der Waals surface area contributed by atoms with Crippen molar-refractivity contribution in [1.29, 1.82) is 0 Å². The molecule has 3 amide bonds. The van der Waals surface area contributed by atoms with Crippen molar-refractivity contribution in [3.63, 3.8) is 0 Å². The van der Waals surface area contributed by atoms with Gasteiger partial charge >= 0.3 is 0 Å². The van der Waals surface area contributed by atoms with Crippen molar-refractivity contribution in [2.24, 2.45) is 5.73 Å². The minimum Gasteiger partial charge on any atom is -0.385 e. The lowest BCUT2D eigenvalue weighted by molar-refractivity contribution is -0.135. The molecule has 8 heteroatoms. The van der Waals surface area contributed by atoms with Crippen molar-refractivity contribution in [3.8, 4) is 0 Å². The van der Waals surface area contributed by atoms with Gasteiger partial charge in [-0.3, -0.25) is 14.4 Å². The average Bonchev–Trinajstić information content (AvgIpc) is 2.85. The molecule has 1 aliphatic carbocycles. The van der Waals surface area contributed by atoms with Gasteiger partial charge in [0, 0.05) is 55.1 Å². The first kappa shape index (κ1) is 23.3. The molecule has 0 bridgehead atoms. The zero-order valence-electron chi connectivity index (χ0n) is 18.8. The highest BCUT2D eigenvalue weighted by molar-refractivity contribution is 6.04. The second-order valence-electron chi connectivity index (χ2n) is 8.61. The molecule has 4 rings (SSSR count). The van der Waals surface area contributed by atoms with Gasteiger partial charge in [-0.15, -0.1) is 0 Å². The number of nitrogens with zero attached hydrogens (tertiary/aromatic N) is 2. The highest BCUT2D eigenvalue weighted by atomic mass is 16.3. The number of nitrogens with one attached hydrogen (secondary N) is 1. The Morgan fingerprint density at radius 2 is 1.65 bits per heavy atom. The number of hydrogen-bond acceptors (Lipinski definition) is 5. The summed E-state index contributed by atoms with van der Waals surface area (Å²) in [6.45, 7) is 2.37. The van der Waals surface area contributed by atoms with Gasteiger partial charge in [0.1, 0.15) is 0 Å². The third-order valence-corrected chi connectivity index (χ3v) is 6.13. The van der Waals surface area contributed by atoms with Crippen molar-refractivity contribution in [3.05, 3.63) is 84.0 Å². The number of anilines is 2. The van der Waals surface area contributed by atoms with Crippen LogP contribution in [-0.2, 0) is 9.59 Å². The van der Waals surface area contributed by atoms with E-state index in [1.165, 1.54) is 0 Å². The highest BCUT2D eigenvalue weighted by Crippen LogP contribution is 2.27. The standard InChI is InChI=1S/C26H28N4O4/c27-24(32)20-7-4-12-26(34,17-20)18-23(31)30-15-13-29(14-16-30)22-10-8-21(9-11-22)28-25(33)19-5-2-1-3-6-19/h1-12,34H,13-18H2,(H2,27,32)(H,28,33). The van der Waals surface area contributed by atoms with Crippen LogP contribution in [0.1, 0.15) is 23.2 Å². The zero-order chi connectivity index (χ0) is 24.1. The van der Waals surface area contributed by atoms with Crippen LogP contribution < -0.4 is 16.0 Å². The molecule has 0 radical (unpaired) electrons. The third kappa shape index (κ3) is 5.52. The lowest BCUT2D eigenvalue weighted by Gasteiger charge is -2.37. The van der Waals surface area contributed by atoms with Crippen LogP contribution in [-0.4, -0.2) is 59.5 Å². The summed E-state index contributed by atoms with van der Waals surface area (Å²) >= 11 is 0. The van der Waals surface area contributed by atoms with Crippen molar-refractivity contribution < 1.29 is 19.5 Å². The van der Waals surface area contributed by atoms with E-state index in [0.717, 1.165) is 5.69 Å². The van der Waals surface area contributed by atoms with Crippen molar-refractivity contribution in [2.75, 3.05) is 36.4 Å². The van der Waals surface area contributed by atoms with Crippen LogP contribution in [0.2, 0.25) is 0 Å².